The fraction of sp³-hybridized carbons (Fsp3) is 0.400. The van der Waals surface area contributed by atoms with Gasteiger partial charge in [-0.25, -0.2) is 0 Å². The molecule has 0 saturated carbocycles. The first-order valence-corrected chi connectivity index (χ1v) is 4.24. The third-order valence-corrected chi connectivity index (χ3v) is 2.47. The highest BCUT2D eigenvalue weighted by molar-refractivity contribution is 5.36. The molecule has 0 radical (unpaired) electrons. The molecule has 76 valence electrons. The van der Waals surface area contributed by atoms with Crippen LogP contribution in [0.25, 0.3) is 0 Å². The zero-order valence-electron chi connectivity index (χ0n) is 7.56. The van der Waals surface area contributed by atoms with Gasteiger partial charge in [-0.1, -0.05) is 24.3 Å². The lowest BCUT2D eigenvalue weighted by molar-refractivity contribution is -0.187. The molecule has 14 heavy (non-hydrogen) atoms. The molecule has 1 fully saturated rings. The summed E-state index contributed by atoms with van der Waals surface area (Å²) in [6.07, 6.45) is -4.32. The number of halogens is 3. The van der Waals surface area contributed by atoms with Crippen LogP contribution in [0.5, 0.6) is 0 Å². The zero-order chi connectivity index (χ0) is 10.4. The van der Waals surface area contributed by atoms with Crippen LogP contribution in [0.15, 0.2) is 24.3 Å². The normalized spacial score (nSPS) is 26.3. The Morgan fingerprint density at radius 1 is 1.29 bits per heavy atom. The predicted octanol–water partition coefficient (Wildman–Crippen LogP) is 2.78. The second kappa shape index (κ2) is 2.73. The molecule has 1 atom stereocenters. The molecule has 1 unspecified atom stereocenters. The Bertz CT molecular complexity index is 353. The van der Waals surface area contributed by atoms with Crippen molar-refractivity contribution >= 4 is 0 Å². The molecule has 1 aliphatic rings. The molecule has 1 nitrogen and oxygen atoms in total. The highest BCUT2D eigenvalue weighted by Crippen LogP contribution is 2.52. The maximum Gasteiger partial charge on any atom is 0.424 e. The van der Waals surface area contributed by atoms with Gasteiger partial charge in [0.05, 0.1) is 6.61 Å². The van der Waals surface area contributed by atoms with E-state index < -0.39 is 11.8 Å². The van der Waals surface area contributed by atoms with Crippen molar-refractivity contribution in [2.75, 3.05) is 6.61 Å². The van der Waals surface area contributed by atoms with Crippen LogP contribution in [0.4, 0.5) is 13.2 Å². The Labute approximate surface area is 79.5 Å². The molecule has 1 saturated heterocycles. The topological polar surface area (TPSA) is 12.5 Å². The molecule has 1 aromatic rings. The third-order valence-electron chi connectivity index (χ3n) is 2.47. The summed E-state index contributed by atoms with van der Waals surface area (Å²) in [5.41, 5.74) is -1.19. The summed E-state index contributed by atoms with van der Waals surface area (Å²) in [5, 5.41) is 0. The average molecular weight is 202 g/mol. The molecule has 4 heteroatoms. The molecule has 0 amide bonds. The number of ether oxygens (including phenoxy) is 1. The second-order valence-corrected chi connectivity index (χ2v) is 3.43. The van der Waals surface area contributed by atoms with E-state index in [1.165, 1.54) is 6.07 Å². The van der Waals surface area contributed by atoms with E-state index in [-0.39, 0.29) is 12.2 Å². The average Bonchev–Trinajstić information content (AvgIpc) is 2.84. The lowest BCUT2D eigenvalue weighted by Crippen LogP contribution is -2.30. The fourth-order valence-corrected chi connectivity index (χ4v) is 1.57. The van der Waals surface area contributed by atoms with Crippen molar-refractivity contribution < 1.29 is 17.9 Å². The van der Waals surface area contributed by atoms with E-state index in [4.69, 9.17) is 0 Å². The molecule has 1 aliphatic heterocycles. The summed E-state index contributed by atoms with van der Waals surface area (Å²) in [5.74, 6) is 0. The minimum absolute atomic E-state index is 0.229. The second-order valence-electron chi connectivity index (χ2n) is 3.43. The van der Waals surface area contributed by atoms with Crippen molar-refractivity contribution in [3.63, 3.8) is 0 Å². The smallest absolute Gasteiger partial charge is 0.355 e. The number of hydrogen-bond acceptors (Lipinski definition) is 1. The summed E-state index contributed by atoms with van der Waals surface area (Å²) < 4.78 is 42.5. The van der Waals surface area contributed by atoms with Crippen molar-refractivity contribution in [2.24, 2.45) is 0 Å². The Kier molecular flexibility index (Phi) is 1.86. The van der Waals surface area contributed by atoms with Gasteiger partial charge >= 0.3 is 6.18 Å². The zero-order valence-corrected chi connectivity index (χ0v) is 7.56. The number of epoxide rings is 1. The van der Waals surface area contributed by atoms with Gasteiger partial charge in [-0.3, -0.25) is 0 Å². The minimum Gasteiger partial charge on any atom is -0.355 e. The van der Waals surface area contributed by atoms with Gasteiger partial charge in [-0.2, -0.15) is 13.2 Å². The number of rotatable bonds is 1. The summed E-state index contributed by atoms with van der Waals surface area (Å²) in [7, 11) is 0. The Hall–Kier alpha value is -1.03. The quantitative estimate of drug-likeness (QED) is 0.638. The molecule has 0 N–H and O–H groups in total. The number of hydrogen-bond donors (Lipinski definition) is 0. The van der Waals surface area contributed by atoms with Crippen LogP contribution >= 0.6 is 0 Å². The monoisotopic (exact) mass is 202 g/mol. The van der Waals surface area contributed by atoms with Crippen LogP contribution in [0.1, 0.15) is 11.1 Å². The first kappa shape index (κ1) is 9.52. The number of benzene rings is 1. The van der Waals surface area contributed by atoms with Gasteiger partial charge in [0.2, 0.25) is 5.60 Å². The molecule has 1 aromatic carbocycles. The Morgan fingerprint density at radius 3 is 2.29 bits per heavy atom. The van der Waals surface area contributed by atoms with Crippen molar-refractivity contribution in [1.82, 2.24) is 0 Å². The van der Waals surface area contributed by atoms with Crippen molar-refractivity contribution in [1.29, 1.82) is 0 Å². The molecule has 2 rings (SSSR count). The van der Waals surface area contributed by atoms with Gasteiger partial charge in [0.15, 0.2) is 0 Å². The maximum absolute atomic E-state index is 12.6. The van der Waals surface area contributed by atoms with Crippen LogP contribution in [0, 0.1) is 6.92 Å². The van der Waals surface area contributed by atoms with Gasteiger partial charge < -0.3 is 4.74 Å². The van der Waals surface area contributed by atoms with Crippen LogP contribution in [-0.2, 0) is 10.3 Å². The molecule has 1 heterocycles. The van der Waals surface area contributed by atoms with Crippen LogP contribution in [-0.4, -0.2) is 12.8 Å². The maximum atomic E-state index is 12.6. The van der Waals surface area contributed by atoms with Crippen LogP contribution < -0.4 is 0 Å². The molecule has 0 aromatic heterocycles. The van der Waals surface area contributed by atoms with Crippen LogP contribution in [0.3, 0.4) is 0 Å². The Morgan fingerprint density at radius 2 is 1.86 bits per heavy atom. The summed E-state index contributed by atoms with van der Waals surface area (Å²) in [4.78, 5) is 0. The summed E-state index contributed by atoms with van der Waals surface area (Å²) in [6, 6.07) is 6.43. The largest absolute Gasteiger partial charge is 0.424 e. The molecule has 0 bridgehead atoms. The fourth-order valence-electron chi connectivity index (χ4n) is 1.57. The van der Waals surface area contributed by atoms with Crippen molar-refractivity contribution in [3.05, 3.63) is 35.4 Å². The third kappa shape index (κ3) is 1.21. The van der Waals surface area contributed by atoms with Gasteiger partial charge in [0.25, 0.3) is 0 Å². The summed E-state index contributed by atoms with van der Waals surface area (Å²) >= 11 is 0. The standard InChI is InChI=1S/C10H9F3O/c1-7-4-2-3-5-8(7)9(6-14-9)10(11,12)13/h2-5H,6H2,1H3. The predicted molar refractivity (Wildman–Crippen MR) is 44.9 cm³/mol. The van der Waals surface area contributed by atoms with E-state index in [1.54, 1.807) is 25.1 Å². The van der Waals surface area contributed by atoms with E-state index in [1.807, 2.05) is 0 Å². The highest BCUT2D eigenvalue weighted by Gasteiger charge is 2.67. The molecular weight excluding hydrogens is 193 g/mol. The number of alkyl halides is 3. The van der Waals surface area contributed by atoms with E-state index in [0.717, 1.165) is 0 Å². The van der Waals surface area contributed by atoms with Gasteiger partial charge in [0.1, 0.15) is 0 Å². The van der Waals surface area contributed by atoms with Gasteiger partial charge in [0, 0.05) is 0 Å². The van der Waals surface area contributed by atoms with E-state index in [0.29, 0.717) is 5.56 Å². The van der Waals surface area contributed by atoms with Gasteiger partial charge in [-0.15, -0.1) is 0 Å². The lowest BCUT2D eigenvalue weighted by Gasteiger charge is -2.17. The number of aryl methyl sites for hydroxylation is 1. The highest BCUT2D eigenvalue weighted by atomic mass is 19.4. The van der Waals surface area contributed by atoms with Crippen molar-refractivity contribution in [2.45, 2.75) is 18.7 Å². The molecule has 0 aliphatic carbocycles. The van der Waals surface area contributed by atoms with Gasteiger partial charge in [-0.05, 0) is 18.1 Å². The first-order valence-electron chi connectivity index (χ1n) is 4.24. The van der Waals surface area contributed by atoms with E-state index in [2.05, 4.69) is 4.74 Å². The Balaban J connectivity index is 2.46. The summed E-state index contributed by atoms with van der Waals surface area (Å²) in [6.45, 7) is 1.39. The SMILES string of the molecule is Cc1ccccc1C1(C(F)(F)F)CO1. The van der Waals surface area contributed by atoms with Crippen LogP contribution in [0.2, 0.25) is 0 Å². The molecular formula is C10H9F3O. The van der Waals surface area contributed by atoms with Crippen molar-refractivity contribution in [3.8, 4) is 0 Å². The first-order chi connectivity index (χ1) is 6.47. The van der Waals surface area contributed by atoms with E-state index >= 15 is 0 Å². The lowest BCUT2D eigenvalue weighted by atomic mass is 9.95. The minimum atomic E-state index is -4.32. The molecule has 0 spiro atoms. The van der Waals surface area contributed by atoms with E-state index in [9.17, 15) is 13.2 Å².